The van der Waals surface area contributed by atoms with E-state index in [4.69, 9.17) is 5.84 Å². The van der Waals surface area contributed by atoms with Gasteiger partial charge in [-0.3, -0.25) is 4.68 Å². The summed E-state index contributed by atoms with van der Waals surface area (Å²) in [5.41, 5.74) is 2.58. The van der Waals surface area contributed by atoms with Crippen molar-refractivity contribution < 1.29 is 0 Å². The van der Waals surface area contributed by atoms with Gasteiger partial charge in [-0.2, -0.15) is 5.10 Å². The maximum Gasteiger partial charge on any atom is 0.152 e. The summed E-state index contributed by atoms with van der Waals surface area (Å²) in [6.07, 6.45) is 4.76. The Morgan fingerprint density at radius 2 is 2.15 bits per heavy atom. The van der Waals surface area contributed by atoms with Crippen molar-refractivity contribution in [1.82, 2.24) is 24.7 Å². The molecular weight excluding hydrogens is 256 g/mol. The summed E-state index contributed by atoms with van der Waals surface area (Å²) in [6.45, 7) is 0.717. The Morgan fingerprint density at radius 3 is 2.80 bits per heavy atom. The number of anilines is 2. The lowest BCUT2D eigenvalue weighted by molar-refractivity contribution is 0.741. The van der Waals surface area contributed by atoms with Gasteiger partial charge in [-0.25, -0.2) is 20.8 Å². The van der Waals surface area contributed by atoms with Crippen LogP contribution in [0.1, 0.15) is 30.4 Å². The van der Waals surface area contributed by atoms with Crippen LogP contribution in [0.15, 0.2) is 12.4 Å². The highest BCUT2D eigenvalue weighted by Crippen LogP contribution is 2.38. The number of hydrazine groups is 1. The minimum atomic E-state index is 0.487. The normalized spacial score (nSPS) is 14.3. The van der Waals surface area contributed by atoms with Crippen LogP contribution >= 0.6 is 0 Å². The van der Waals surface area contributed by atoms with Crippen LogP contribution in [-0.2, 0) is 13.5 Å². The van der Waals surface area contributed by atoms with E-state index in [1.54, 1.807) is 17.1 Å². The predicted molar refractivity (Wildman–Crippen MR) is 75.0 cm³/mol. The molecule has 2 heterocycles. The molecule has 0 bridgehead atoms. The fourth-order valence-electron chi connectivity index (χ4n) is 1.96. The van der Waals surface area contributed by atoms with Crippen molar-refractivity contribution in [2.45, 2.75) is 25.2 Å². The van der Waals surface area contributed by atoms with Crippen LogP contribution in [0.2, 0.25) is 0 Å². The minimum Gasteiger partial charge on any atom is -0.369 e. The molecule has 0 aliphatic heterocycles. The van der Waals surface area contributed by atoms with E-state index in [1.165, 1.54) is 0 Å². The molecule has 1 saturated carbocycles. The maximum atomic E-state index is 5.44. The Bertz CT molecular complexity index is 589. The van der Waals surface area contributed by atoms with Crippen molar-refractivity contribution in [3.8, 4) is 0 Å². The third-order valence-electron chi connectivity index (χ3n) is 3.14. The first-order valence-electron chi connectivity index (χ1n) is 6.68. The minimum absolute atomic E-state index is 0.487. The van der Waals surface area contributed by atoms with Crippen LogP contribution in [0, 0.1) is 0 Å². The second kappa shape index (κ2) is 5.41. The molecule has 2 aromatic heterocycles. The van der Waals surface area contributed by atoms with E-state index < -0.39 is 0 Å². The summed E-state index contributed by atoms with van der Waals surface area (Å²) in [5, 5.41) is 7.50. The standard InChI is InChI=1S/C12H18N8/c1-20-7-15-9(19-20)4-5-14-10-6-11(18-13)17-12(16-10)8-2-3-8/h6-8H,2-5,13H2,1H3,(H2,14,16,17,18). The number of nitrogen functional groups attached to an aromatic ring is 1. The van der Waals surface area contributed by atoms with Crippen LogP contribution in [0.5, 0.6) is 0 Å². The molecule has 3 rings (SSSR count). The van der Waals surface area contributed by atoms with Gasteiger partial charge in [0.2, 0.25) is 0 Å². The molecule has 8 nitrogen and oxygen atoms in total. The highest BCUT2D eigenvalue weighted by molar-refractivity contribution is 5.47. The van der Waals surface area contributed by atoms with Gasteiger partial charge in [0.15, 0.2) is 5.82 Å². The number of hydrogen-bond donors (Lipinski definition) is 3. The van der Waals surface area contributed by atoms with E-state index in [9.17, 15) is 0 Å². The Labute approximate surface area is 116 Å². The first kappa shape index (κ1) is 12.8. The van der Waals surface area contributed by atoms with Crippen molar-refractivity contribution >= 4 is 11.6 Å². The first-order valence-corrected chi connectivity index (χ1v) is 6.68. The van der Waals surface area contributed by atoms with Crippen LogP contribution in [0.3, 0.4) is 0 Å². The summed E-state index contributed by atoms with van der Waals surface area (Å²) in [7, 11) is 1.86. The fraction of sp³-hybridized carbons (Fsp3) is 0.500. The molecule has 20 heavy (non-hydrogen) atoms. The zero-order chi connectivity index (χ0) is 13.9. The number of aryl methyl sites for hydroxylation is 1. The molecule has 1 aliphatic rings. The van der Waals surface area contributed by atoms with Crippen LogP contribution in [0.4, 0.5) is 11.6 Å². The van der Waals surface area contributed by atoms with Crippen molar-refractivity contribution in [3.05, 3.63) is 24.0 Å². The highest BCUT2D eigenvalue weighted by atomic mass is 15.3. The molecule has 0 radical (unpaired) electrons. The number of nitrogens with two attached hydrogens (primary N) is 1. The maximum absolute atomic E-state index is 5.44. The molecule has 1 aliphatic carbocycles. The summed E-state index contributed by atoms with van der Waals surface area (Å²) in [4.78, 5) is 13.1. The van der Waals surface area contributed by atoms with Gasteiger partial charge in [-0.1, -0.05) is 0 Å². The fourth-order valence-corrected chi connectivity index (χ4v) is 1.96. The highest BCUT2D eigenvalue weighted by Gasteiger charge is 2.27. The van der Waals surface area contributed by atoms with Crippen molar-refractivity contribution in [1.29, 1.82) is 0 Å². The molecule has 8 heteroatoms. The summed E-state index contributed by atoms with van der Waals surface area (Å²) < 4.78 is 1.70. The van der Waals surface area contributed by atoms with E-state index in [0.717, 1.165) is 43.3 Å². The largest absolute Gasteiger partial charge is 0.369 e. The van der Waals surface area contributed by atoms with E-state index in [-0.39, 0.29) is 0 Å². The summed E-state index contributed by atoms with van der Waals surface area (Å²) in [5.74, 6) is 9.02. The van der Waals surface area contributed by atoms with Gasteiger partial charge in [0.05, 0.1) is 0 Å². The molecule has 0 unspecified atom stereocenters. The average Bonchev–Trinajstić information content (AvgIpc) is 3.22. The van der Waals surface area contributed by atoms with Gasteiger partial charge in [0.1, 0.15) is 23.8 Å². The van der Waals surface area contributed by atoms with Gasteiger partial charge < -0.3 is 10.7 Å². The average molecular weight is 274 g/mol. The van der Waals surface area contributed by atoms with Crippen molar-refractivity contribution in [2.75, 3.05) is 17.3 Å². The molecular formula is C12H18N8. The second-order valence-corrected chi connectivity index (χ2v) is 4.93. The topological polar surface area (TPSA) is 107 Å². The lowest BCUT2D eigenvalue weighted by Crippen LogP contribution is -2.13. The number of rotatable bonds is 6. The molecule has 0 atom stereocenters. The smallest absolute Gasteiger partial charge is 0.152 e. The molecule has 0 saturated heterocycles. The third kappa shape index (κ3) is 3.02. The second-order valence-electron chi connectivity index (χ2n) is 4.93. The molecule has 106 valence electrons. The molecule has 2 aromatic rings. The number of aromatic nitrogens is 5. The van der Waals surface area contributed by atoms with Crippen molar-refractivity contribution in [2.24, 2.45) is 12.9 Å². The van der Waals surface area contributed by atoms with Gasteiger partial charge >= 0.3 is 0 Å². The Morgan fingerprint density at radius 1 is 1.35 bits per heavy atom. The van der Waals surface area contributed by atoms with Crippen molar-refractivity contribution in [3.63, 3.8) is 0 Å². The quantitative estimate of drug-likeness (QED) is 0.517. The monoisotopic (exact) mass is 274 g/mol. The van der Waals surface area contributed by atoms with Gasteiger partial charge in [-0.15, -0.1) is 0 Å². The predicted octanol–water partition coefficient (Wildman–Crippen LogP) is 0.423. The number of nitrogens with zero attached hydrogens (tertiary/aromatic N) is 5. The Hall–Kier alpha value is -2.22. The molecule has 0 aromatic carbocycles. The molecule has 0 amide bonds. The van der Waals surface area contributed by atoms with E-state index in [2.05, 4.69) is 30.8 Å². The van der Waals surface area contributed by atoms with Gasteiger partial charge in [0, 0.05) is 32.0 Å². The van der Waals surface area contributed by atoms with Crippen LogP contribution < -0.4 is 16.6 Å². The van der Waals surface area contributed by atoms with E-state index in [0.29, 0.717) is 11.7 Å². The van der Waals surface area contributed by atoms with E-state index in [1.807, 2.05) is 7.05 Å². The number of hydrogen-bond acceptors (Lipinski definition) is 7. The Balaban J connectivity index is 1.62. The van der Waals surface area contributed by atoms with Crippen LogP contribution in [0.25, 0.3) is 0 Å². The number of nitrogens with one attached hydrogen (secondary N) is 2. The zero-order valence-corrected chi connectivity index (χ0v) is 11.4. The van der Waals surface area contributed by atoms with Gasteiger partial charge in [-0.05, 0) is 12.8 Å². The summed E-state index contributed by atoms with van der Waals surface area (Å²) >= 11 is 0. The van der Waals surface area contributed by atoms with Crippen LogP contribution in [-0.4, -0.2) is 31.3 Å². The third-order valence-corrected chi connectivity index (χ3v) is 3.14. The first-order chi connectivity index (χ1) is 9.74. The SMILES string of the molecule is Cn1cnc(CCNc2cc(NN)nc(C3CC3)n2)n1. The van der Waals surface area contributed by atoms with E-state index >= 15 is 0 Å². The lowest BCUT2D eigenvalue weighted by Gasteiger charge is -2.08. The molecule has 4 N–H and O–H groups in total. The van der Waals surface area contributed by atoms with Gasteiger partial charge in [0.25, 0.3) is 0 Å². The Kier molecular flexibility index (Phi) is 3.46. The zero-order valence-electron chi connectivity index (χ0n) is 11.4. The molecule has 0 spiro atoms. The lowest BCUT2D eigenvalue weighted by atomic mass is 10.3. The summed E-state index contributed by atoms with van der Waals surface area (Å²) in [6, 6.07) is 1.80. The molecule has 1 fully saturated rings.